The number of amides is 1. The highest BCUT2D eigenvalue weighted by Crippen LogP contribution is 2.68. The van der Waals surface area contributed by atoms with Crippen LogP contribution in [0.4, 0.5) is 0 Å². The first kappa shape index (κ1) is 32.8. The van der Waals surface area contributed by atoms with Gasteiger partial charge in [0.15, 0.2) is 0 Å². The summed E-state index contributed by atoms with van der Waals surface area (Å²) in [7, 11) is 0. The van der Waals surface area contributed by atoms with Crippen LogP contribution in [0.2, 0.25) is 0 Å². The number of rotatable bonds is 11. The number of halogens is 1. The van der Waals surface area contributed by atoms with Gasteiger partial charge in [-0.05, 0) is 111 Å². The van der Waals surface area contributed by atoms with Gasteiger partial charge in [0.1, 0.15) is 5.70 Å². The van der Waals surface area contributed by atoms with Gasteiger partial charge < -0.3 is 34.2 Å². The van der Waals surface area contributed by atoms with Crippen molar-refractivity contribution in [2.45, 2.75) is 143 Å². The van der Waals surface area contributed by atoms with E-state index in [0.717, 1.165) is 36.8 Å². The first-order valence-corrected chi connectivity index (χ1v) is 17.8. The van der Waals surface area contributed by atoms with Crippen LogP contribution in [-0.2, 0) is 4.79 Å². The lowest BCUT2D eigenvalue weighted by molar-refractivity contribution is -0.849. The highest BCUT2D eigenvalue weighted by molar-refractivity contribution is 5.83. The lowest BCUT2D eigenvalue weighted by atomic mass is 9.43. The van der Waals surface area contributed by atoms with Gasteiger partial charge in [0.05, 0.1) is 25.0 Å². The number of unbranched alkanes of at least 4 members (excludes halogenated alkanes) is 3. The summed E-state index contributed by atoms with van der Waals surface area (Å²) in [5.74, 6) is 5.19. The minimum Gasteiger partial charge on any atom is -1.00 e. The summed E-state index contributed by atoms with van der Waals surface area (Å²) in [6, 6.07) is 0. The fourth-order valence-corrected chi connectivity index (χ4v) is 11.5. The molecule has 5 rings (SSSR count). The average molecular weight is 667 g/mol. The van der Waals surface area contributed by atoms with Crippen LogP contribution in [0, 0.1) is 46.3 Å². The van der Waals surface area contributed by atoms with E-state index in [-0.39, 0.29) is 29.4 Å². The van der Waals surface area contributed by atoms with Crippen LogP contribution in [0.1, 0.15) is 143 Å². The van der Waals surface area contributed by atoms with Crippen molar-refractivity contribution < 1.29 is 33.7 Å². The second-order valence-electron chi connectivity index (χ2n) is 15.1. The number of nitrogens with one attached hydrogen (secondary N) is 2. The first-order valence-electron chi connectivity index (χ1n) is 17.8. The number of carbonyl (C=O) groups is 1. The lowest BCUT2D eigenvalue weighted by Crippen LogP contribution is -3.09. The lowest BCUT2D eigenvalue weighted by Gasteiger charge is -2.60. The van der Waals surface area contributed by atoms with E-state index in [2.05, 4.69) is 39.1 Å². The zero-order valence-electron chi connectivity index (χ0n) is 26.7. The highest BCUT2D eigenvalue weighted by atomic mass is 127. The summed E-state index contributed by atoms with van der Waals surface area (Å²) >= 11 is 0. The van der Waals surface area contributed by atoms with E-state index in [0.29, 0.717) is 23.2 Å². The second kappa shape index (κ2) is 14.6. The molecule has 4 saturated carbocycles. The average Bonchev–Trinajstić information content (AvgIpc) is 3.54. The predicted molar refractivity (Wildman–Crippen MR) is 163 cm³/mol. The van der Waals surface area contributed by atoms with Crippen molar-refractivity contribution in [1.82, 2.24) is 5.32 Å². The molecule has 230 valence electrons. The molecule has 5 aliphatic rings. The highest BCUT2D eigenvalue weighted by Gasteiger charge is 2.63. The van der Waals surface area contributed by atoms with Crippen LogP contribution >= 0.6 is 0 Å². The number of quaternary nitrogens is 1. The number of carbonyl (C=O) groups excluding carboxylic acids is 1. The Morgan fingerprint density at radius 3 is 2.65 bits per heavy atom. The molecule has 40 heavy (non-hydrogen) atoms. The van der Waals surface area contributed by atoms with Crippen LogP contribution in [0.25, 0.3) is 0 Å². The van der Waals surface area contributed by atoms with Gasteiger partial charge in [-0.15, -0.1) is 0 Å². The number of hydrogen-bond acceptors (Lipinski definition) is 1. The van der Waals surface area contributed by atoms with Crippen LogP contribution in [0.15, 0.2) is 11.8 Å². The molecule has 0 aromatic rings. The van der Waals surface area contributed by atoms with Crippen LogP contribution in [-0.4, -0.2) is 25.5 Å². The largest absolute Gasteiger partial charge is 1.00 e. The minimum absolute atomic E-state index is 0. The second-order valence-corrected chi connectivity index (χ2v) is 15.1. The Bertz CT molecular complexity index is 858. The number of likely N-dealkylation sites (tertiary alicyclic amines) is 1. The Labute approximate surface area is 264 Å². The van der Waals surface area contributed by atoms with Crippen molar-refractivity contribution in [2.24, 2.45) is 46.3 Å². The maximum atomic E-state index is 14.4. The fraction of sp³-hybridized carbons (Fsp3) is 0.917. The molecule has 9 atom stereocenters. The Kier molecular flexibility index (Phi) is 12.0. The predicted octanol–water partition coefficient (Wildman–Crippen LogP) is 4.71. The summed E-state index contributed by atoms with van der Waals surface area (Å²) in [6.07, 6.45) is 26.4. The quantitative estimate of drug-likeness (QED) is 0.243. The van der Waals surface area contributed by atoms with Gasteiger partial charge in [-0.2, -0.15) is 0 Å². The number of fused-ring (bicyclic) bond motifs is 5. The van der Waals surface area contributed by atoms with E-state index in [1.54, 1.807) is 10.6 Å². The molecule has 0 radical (unpaired) electrons. The molecule has 3 nitrogen and oxygen atoms in total. The molecular formula is C36H63IN2O. The third-order valence-corrected chi connectivity index (χ3v) is 13.3. The molecule has 1 heterocycles. The van der Waals surface area contributed by atoms with Gasteiger partial charge in [-0.1, -0.05) is 66.2 Å². The summed E-state index contributed by atoms with van der Waals surface area (Å²) in [5, 5.41) is 3.63. The molecule has 1 amide bonds. The van der Waals surface area contributed by atoms with E-state index in [1.165, 1.54) is 122 Å². The van der Waals surface area contributed by atoms with Crippen molar-refractivity contribution >= 4 is 5.91 Å². The standard InChI is InChI=1S/C36H62N2O.HI/c1-5-7-8-9-15-29-16-12-25-38(29)26-24-37-34(39)36-22-11-10-14-28(36)17-18-30-32-20-19-31(27(3)13-6-2)35(32,4)23-21-33(30)36;/h15,27-28,30-33H,5-14,16-26H2,1-4H3,(H,37,39);1H/t27-,28?,30+,31-,32+,33+,35-,36-;/m1./s1. The third-order valence-electron chi connectivity index (χ3n) is 13.3. The molecular weight excluding hydrogens is 603 g/mol. The van der Waals surface area contributed by atoms with Gasteiger partial charge in [0, 0.05) is 12.8 Å². The molecule has 0 bridgehead atoms. The number of hydrogen-bond donors (Lipinski definition) is 2. The number of allylic oxidation sites excluding steroid dienone is 2. The van der Waals surface area contributed by atoms with Gasteiger partial charge in [0.2, 0.25) is 5.91 Å². The van der Waals surface area contributed by atoms with E-state index in [4.69, 9.17) is 0 Å². The van der Waals surface area contributed by atoms with Gasteiger partial charge in [-0.25, -0.2) is 0 Å². The summed E-state index contributed by atoms with van der Waals surface area (Å²) in [5.41, 5.74) is 2.09. The summed E-state index contributed by atoms with van der Waals surface area (Å²) in [4.78, 5) is 16.1. The van der Waals surface area contributed by atoms with Crippen LogP contribution in [0.3, 0.4) is 0 Å². The molecule has 0 aromatic heterocycles. The SMILES string of the molecule is CCCCCC=C1CCC[NH+]1CCNC(=O)[C@]12CCCCC1CC[C@H]1[C@@H]3CC[C@H]([C@H](C)CCC)[C@@]3(C)CC[C@@H]12.[I-]. The smallest absolute Gasteiger partial charge is 0.226 e. The van der Waals surface area contributed by atoms with Crippen molar-refractivity contribution in [3.8, 4) is 0 Å². The van der Waals surface area contributed by atoms with E-state index in [9.17, 15) is 4.79 Å². The van der Waals surface area contributed by atoms with E-state index < -0.39 is 0 Å². The molecule has 5 fully saturated rings. The van der Waals surface area contributed by atoms with Gasteiger partial charge in [-0.3, -0.25) is 4.79 Å². The van der Waals surface area contributed by atoms with Crippen molar-refractivity contribution in [1.29, 1.82) is 0 Å². The van der Waals surface area contributed by atoms with Crippen LogP contribution in [0.5, 0.6) is 0 Å². The molecule has 1 aliphatic heterocycles. The van der Waals surface area contributed by atoms with Crippen molar-refractivity contribution in [3.05, 3.63) is 11.8 Å². The van der Waals surface area contributed by atoms with Gasteiger partial charge in [0.25, 0.3) is 0 Å². The Morgan fingerprint density at radius 2 is 1.85 bits per heavy atom. The summed E-state index contributed by atoms with van der Waals surface area (Å²) < 4.78 is 0. The molecule has 0 spiro atoms. The van der Waals surface area contributed by atoms with Gasteiger partial charge >= 0.3 is 0 Å². The Balaban J connectivity index is 0.00000370. The van der Waals surface area contributed by atoms with E-state index >= 15 is 0 Å². The topological polar surface area (TPSA) is 33.5 Å². The molecule has 2 unspecified atom stereocenters. The molecule has 4 heteroatoms. The minimum atomic E-state index is -0.0607. The fourth-order valence-electron chi connectivity index (χ4n) is 11.5. The van der Waals surface area contributed by atoms with Crippen molar-refractivity contribution in [3.63, 3.8) is 0 Å². The first-order chi connectivity index (χ1) is 19.0. The zero-order chi connectivity index (χ0) is 27.5. The third kappa shape index (κ3) is 6.25. The molecule has 0 aromatic carbocycles. The maximum absolute atomic E-state index is 14.4. The zero-order valence-corrected chi connectivity index (χ0v) is 28.8. The van der Waals surface area contributed by atoms with Crippen LogP contribution < -0.4 is 34.2 Å². The summed E-state index contributed by atoms with van der Waals surface area (Å²) in [6.45, 7) is 13.1. The molecule has 4 aliphatic carbocycles. The molecule has 2 N–H and O–H groups in total. The maximum Gasteiger partial charge on any atom is 0.226 e. The molecule has 1 saturated heterocycles. The Morgan fingerprint density at radius 1 is 1.00 bits per heavy atom. The monoisotopic (exact) mass is 666 g/mol. The van der Waals surface area contributed by atoms with E-state index in [1.807, 2.05) is 0 Å². The normalized spacial score (nSPS) is 40.5. The van der Waals surface area contributed by atoms with Crippen molar-refractivity contribution in [2.75, 3.05) is 19.6 Å². The Hall–Kier alpha value is -0.100.